The van der Waals surface area contributed by atoms with Crippen LogP contribution in [0.1, 0.15) is 29.8 Å². The second-order valence-corrected chi connectivity index (χ2v) is 6.24. The molecular weight excluding hydrogens is 274 g/mol. The van der Waals surface area contributed by atoms with Gasteiger partial charge in [-0.1, -0.05) is 24.3 Å². The number of benzene rings is 1. The van der Waals surface area contributed by atoms with E-state index in [-0.39, 0.29) is 12.0 Å². The summed E-state index contributed by atoms with van der Waals surface area (Å²) in [5.74, 6) is 0.180. The molecule has 0 amide bonds. The van der Waals surface area contributed by atoms with Gasteiger partial charge < -0.3 is 14.2 Å². The van der Waals surface area contributed by atoms with Crippen LogP contribution in [0, 0.1) is 5.92 Å². The second-order valence-electron chi connectivity index (χ2n) is 6.24. The number of imidazole rings is 1. The van der Waals surface area contributed by atoms with E-state index in [1.807, 2.05) is 24.7 Å². The number of hydrogen-bond donors (Lipinski definition) is 1. The van der Waals surface area contributed by atoms with Crippen LogP contribution in [0.3, 0.4) is 0 Å². The highest BCUT2D eigenvalue weighted by Crippen LogP contribution is 2.48. The average molecular weight is 291 g/mol. The Morgan fingerprint density at radius 3 is 3.00 bits per heavy atom. The van der Waals surface area contributed by atoms with Crippen molar-refractivity contribution in [1.82, 2.24) is 14.1 Å². The Morgan fingerprint density at radius 1 is 1.14 bits per heavy atom. The fraction of sp³-hybridized carbons (Fsp3) is 0.278. The van der Waals surface area contributed by atoms with Crippen molar-refractivity contribution >= 4 is 0 Å². The molecule has 0 bridgehead atoms. The first-order valence-corrected chi connectivity index (χ1v) is 7.79. The van der Waals surface area contributed by atoms with E-state index in [9.17, 15) is 5.11 Å². The molecule has 22 heavy (non-hydrogen) atoms. The fourth-order valence-corrected chi connectivity index (χ4v) is 4.21. The predicted octanol–water partition coefficient (Wildman–Crippen LogP) is 3.01. The predicted molar refractivity (Wildman–Crippen MR) is 83.3 cm³/mol. The van der Waals surface area contributed by atoms with Crippen molar-refractivity contribution in [3.63, 3.8) is 0 Å². The van der Waals surface area contributed by atoms with E-state index in [1.165, 1.54) is 11.1 Å². The Morgan fingerprint density at radius 2 is 2.05 bits per heavy atom. The van der Waals surface area contributed by atoms with E-state index >= 15 is 0 Å². The van der Waals surface area contributed by atoms with Crippen LogP contribution in [0.15, 0.2) is 55.1 Å². The van der Waals surface area contributed by atoms with Gasteiger partial charge in [0.2, 0.25) is 0 Å². The van der Waals surface area contributed by atoms with Gasteiger partial charge in [0.25, 0.3) is 0 Å². The number of aliphatic hydroxyl groups is 1. The van der Waals surface area contributed by atoms with Crippen molar-refractivity contribution in [3.05, 3.63) is 66.4 Å². The van der Waals surface area contributed by atoms with Crippen molar-refractivity contribution < 1.29 is 5.11 Å². The first-order valence-electron chi connectivity index (χ1n) is 7.79. The minimum Gasteiger partial charge on any atom is -0.386 e. The molecule has 0 spiro atoms. The molecule has 4 nitrogen and oxygen atoms in total. The molecule has 3 unspecified atom stereocenters. The molecule has 1 N–H and O–H groups in total. The van der Waals surface area contributed by atoms with E-state index in [0.717, 1.165) is 24.4 Å². The Labute approximate surface area is 128 Å². The third kappa shape index (κ3) is 1.48. The Balaban J connectivity index is 1.65. The molecule has 2 aliphatic rings. The monoisotopic (exact) mass is 291 g/mol. The maximum atomic E-state index is 10.9. The molecule has 3 atom stereocenters. The maximum absolute atomic E-state index is 10.9. The van der Waals surface area contributed by atoms with Crippen molar-refractivity contribution in [1.29, 1.82) is 0 Å². The van der Waals surface area contributed by atoms with Gasteiger partial charge in [0, 0.05) is 29.9 Å². The van der Waals surface area contributed by atoms with Crippen molar-refractivity contribution in [2.75, 3.05) is 0 Å². The van der Waals surface area contributed by atoms with Crippen LogP contribution in [-0.2, 0) is 6.54 Å². The molecule has 3 aromatic rings. The van der Waals surface area contributed by atoms with Gasteiger partial charge >= 0.3 is 0 Å². The SMILES string of the molecule is OC1c2cccn2CCC1C1c2ccccc2-c2cncn21. The lowest BCUT2D eigenvalue weighted by molar-refractivity contribution is 0.0556. The van der Waals surface area contributed by atoms with Crippen molar-refractivity contribution in [2.24, 2.45) is 5.92 Å². The zero-order valence-electron chi connectivity index (χ0n) is 12.1. The molecule has 0 saturated carbocycles. The van der Waals surface area contributed by atoms with Gasteiger partial charge in [0.15, 0.2) is 0 Å². The summed E-state index contributed by atoms with van der Waals surface area (Å²) in [5, 5.41) is 10.9. The van der Waals surface area contributed by atoms with E-state index in [1.54, 1.807) is 0 Å². The smallest absolute Gasteiger partial charge is 0.0991 e. The van der Waals surface area contributed by atoms with Crippen LogP contribution in [-0.4, -0.2) is 19.2 Å². The molecule has 4 heterocycles. The normalized spacial score (nSPS) is 25.6. The van der Waals surface area contributed by atoms with E-state index < -0.39 is 6.10 Å². The minimum atomic E-state index is -0.435. The first-order chi connectivity index (χ1) is 10.8. The summed E-state index contributed by atoms with van der Waals surface area (Å²) in [6.07, 6.45) is 6.42. The summed E-state index contributed by atoms with van der Waals surface area (Å²) >= 11 is 0. The number of rotatable bonds is 1. The van der Waals surface area contributed by atoms with Crippen molar-refractivity contribution in [3.8, 4) is 11.3 Å². The third-order valence-corrected chi connectivity index (χ3v) is 5.20. The van der Waals surface area contributed by atoms with Crippen LogP contribution in [0.25, 0.3) is 11.3 Å². The summed E-state index contributed by atoms with van der Waals surface area (Å²) in [5.41, 5.74) is 4.75. The highest BCUT2D eigenvalue weighted by Gasteiger charge is 2.40. The molecule has 5 rings (SSSR count). The lowest BCUT2D eigenvalue weighted by Gasteiger charge is -2.35. The standard InChI is InChI=1S/C18H17N3O/c22-18-14(7-9-20-8-3-6-15(18)20)17-13-5-2-1-4-12(13)16-10-19-11-21(16)17/h1-6,8,10-11,14,17-18,22H,7,9H2. The summed E-state index contributed by atoms with van der Waals surface area (Å²) < 4.78 is 4.40. The minimum absolute atomic E-state index is 0.173. The summed E-state index contributed by atoms with van der Waals surface area (Å²) in [7, 11) is 0. The molecule has 0 aliphatic carbocycles. The number of hydrogen-bond acceptors (Lipinski definition) is 2. The number of fused-ring (bicyclic) bond motifs is 4. The van der Waals surface area contributed by atoms with Crippen LogP contribution >= 0.6 is 0 Å². The summed E-state index contributed by atoms with van der Waals surface area (Å²) in [6.45, 7) is 0.965. The quantitative estimate of drug-likeness (QED) is 0.749. The lowest BCUT2D eigenvalue weighted by Crippen LogP contribution is -2.30. The average Bonchev–Trinajstić information content (AvgIpc) is 3.23. The maximum Gasteiger partial charge on any atom is 0.0991 e. The van der Waals surface area contributed by atoms with Crippen LogP contribution in [0.4, 0.5) is 0 Å². The van der Waals surface area contributed by atoms with Gasteiger partial charge in [-0.25, -0.2) is 4.98 Å². The van der Waals surface area contributed by atoms with E-state index in [2.05, 4.69) is 44.6 Å². The zero-order valence-corrected chi connectivity index (χ0v) is 12.1. The number of aliphatic hydroxyl groups excluding tert-OH is 1. The number of nitrogens with zero attached hydrogens (tertiary/aromatic N) is 3. The van der Waals surface area contributed by atoms with E-state index in [4.69, 9.17) is 0 Å². The fourth-order valence-electron chi connectivity index (χ4n) is 4.21. The van der Waals surface area contributed by atoms with Crippen LogP contribution in [0.5, 0.6) is 0 Å². The van der Waals surface area contributed by atoms with Gasteiger partial charge in [0.1, 0.15) is 0 Å². The molecule has 1 aromatic carbocycles. The molecule has 4 heteroatoms. The van der Waals surface area contributed by atoms with Gasteiger partial charge in [-0.2, -0.15) is 0 Å². The van der Waals surface area contributed by atoms with Gasteiger partial charge in [-0.3, -0.25) is 0 Å². The number of aromatic nitrogens is 3. The lowest BCUT2D eigenvalue weighted by atomic mass is 9.83. The Bertz CT molecular complexity index is 847. The van der Waals surface area contributed by atoms with Crippen LogP contribution in [0.2, 0.25) is 0 Å². The van der Waals surface area contributed by atoms with Gasteiger partial charge in [0.05, 0.1) is 30.4 Å². The van der Waals surface area contributed by atoms with Crippen molar-refractivity contribution in [2.45, 2.75) is 25.1 Å². The van der Waals surface area contributed by atoms with Crippen LogP contribution < -0.4 is 0 Å². The van der Waals surface area contributed by atoms with Gasteiger partial charge in [-0.05, 0) is 24.1 Å². The molecule has 2 aliphatic heterocycles. The number of aryl methyl sites for hydroxylation is 1. The van der Waals surface area contributed by atoms with E-state index in [0.29, 0.717) is 0 Å². The molecule has 0 saturated heterocycles. The van der Waals surface area contributed by atoms with Gasteiger partial charge in [-0.15, -0.1) is 0 Å². The highest BCUT2D eigenvalue weighted by molar-refractivity contribution is 5.69. The second kappa shape index (κ2) is 4.34. The highest BCUT2D eigenvalue weighted by atomic mass is 16.3. The largest absolute Gasteiger partial charge is 0.386 e. The first kappa shape index (κ1) is 12.2. The molecule has 110 valence electrons. The molecule has 0 radical (unpaired) electrons. The third-order valence-electron chi connectivity index (χ3n) is 5.20. The zero-order chi connectivity index (χ0) is 14.7. The Hall–Kier alpha value is -2.33. The molecular formula is C18H17N3O. The summed E-state index contributed by atoms with van der Waals surface area (Å²) in [4.78, 5) is 4.32. The topological polar surface area (TPSA) is 43.0 Å². The molecule has 0 fully saturated rings. The summed E-state index contributed by atoms with van der Waals surface area (Å²) in [6, 6.07) is 12.7. The Kier molecular flexibility index (Phi) is 2.41. The molecule has 2 aromatic heterocycles.